The largest absolute Gasteiger partial charge is 0.0716 e. The van der Waals surface area contributed by atoms with Gasteiger partial charge in [-0.25, -0.2) is 0 Å². The van der Waals surface area contributed by atoms with Gasteiger partial charge in [-0.15, -0.1) is 0 Å². The quantitative estimate of drug-likeness (QED) is 0.202. The second-order valence-corrected chi connectivity index (χ2v) is 12.0. The molecule has 7 aromatic rings. The van der Waals surface area contributed by atoms with Gasteiger partial charge in [-0.3, -0.25) is 0 Å². The normalized spacial score (nSPS) is 14.7. The summed E-state index contributed by atoms with van der Waals surface area (Å²) in [5.74, 6) is 0. The second-order valence-electron chi connectivity index (χ2n) is 12.0. The number of fused-ring (bicyclic) bond motifs is 6. The van der Waals surface area contributed by atoms with Crippen LogP contribution in [0.1, 0.15) is 44.5 Å². The van der Waals surface area contributed by atoms with E-state index >= 15 is 0 Å². The average molecular weight is 559 g/mol. The van der Waals surface area contributed by atoms with Crippen molar-refractivity contribution in [3.63, 3.8) is 0 Å². The summed E-state index contributed by atoms with van der Waals surface area (Å²) < 4.78 is 0. The molecule has 0 saturated heterocycles. The van der Waals surface area contributed by atoms with E-state index in [2.05, 4.69) is 182 Å². The lowest BCUT2D eigenvalue weighted by Gasteiger charge is -2.41. The molecule has 0 amide bonds. The molecule has 0 atom stereocenters. The lowest BCUT2D eigenvalue weighted by Crippen LogP contribution is -2.36. The van der Waals surface area contributed by atoms with Crippen LogP contribution in [0.25, 0.3) is 22.3 Å². The second kappa shape index (κ2) is 9.53. The minimum Gasteiger partial charge on any atom is -0.0622 e. The van der Waals surface area contributed by atoms with Crippen molar-refractivity contribution in [3.05, 3.63) is 226 Å². The Morgan fingerprint density at radius 2 is 0.432 bits per heavy atom. The first-order valence-corrected chi connectivity index (χ1v) is 15.5. The summed E-state index contributed by atoms with van der Waals surface area (Å²) in [6.07, 6.45) is 0. The maximum atomic E-state index is 2.40. The molecule has 0 N–H and O–H groups in total. The molecule has 0 aromatic heterocycles. The third-order valence-electron chi connectivity index (χ3n) is 10.1. The molecular formula is C44H30. The summed E-state index contributed by atoms with van der Waals surface area (Å²) in [5.41, 5.74) is 14.8. The third kappa shape index (κ3) is 3.12. The molecule has 2 aliphatic carbocycles. The number of benzene rings is 7. The average Bonchev–Trinajstić information content (AvgIpc) is 3.58. The van der Waals surface area contributed by atoms with Gasteiger partial charge in [0.15, 0.2) is 0 Å². The van der Waals surface area contributed by atoms with Crippen molar-refractivity contribution in [3.8, 4) is 22.3 Å². The van der Waals surface area contributed by atoms with Crippen LogP contribution in [0.4, 0.5) is 0 Å². The van der Waals surface area contributed by atoms with Crippen molar-refractivity contribution in [2.45, 2.75) is 10.8 Å². The maximum absolute atomic E-state index is 2.40. The van der Waals surface area contributed by atoms with Gasteiger partial charge < -0.3 is 0 Å². The zero-order chi connectivity index (χ0) is 29.1. The van der Waals surface area contributed by atoms with E-state index in [1.165, 1.54) is 66.8 Å². The Bertz CT molecular complexity index is 1920. The van der Waals surface area contributed by atoms with Crippen molar-refractivity contribution in [2.75, 3.05) is 0 Å². The van der Waals surface area contributed by atoms with E-state index in [0.717, 1.165) is 0 Å². The first kappa shape index (κ1) is 25.1. The van der Waals surface area contributed by atoms with Crippen LogP contribution in [0, 0.1) is 0 Å². The molecule has 0 bridgehead atoms. The van der Waals surface area contributed by atoms with Gasteiger partial charge in [0.05, 0.1) is 10.8 Å². The molecule has 0 radical (unpaired) electrons. The molecule has 0 heterocycles. The number of hydrogen-bond donors (Lipinski definition) is 0. The Balaban J connectivity index is 1.50. The lowest BCUT2D eigenvalue weighted by molar-refractivity contribution is 0.697. The Morgan fingerprint density at radius 1 is 0.205 bits per heavy atom. The van der Waals surface area contributed by atoms with Gasteiger partial charge in [-0.1, -0.05) is 182 Å². The van der Waals surface area contributed by atoms with E-state index in [0.29, 0.717) is 0 Å². The Hall–Kier alpha value is -5.46. The van der Waals surface area contributed by atoms with Crippen molar-refractivity contribution in [1.82, 2.24) is 0 Å². The molecule has 0 fully saturated rings. The number of rotatable bonds is 4. The fourth-order valence-electron chi connectivity index (χ4n) is 8.50. The molecular weight excluding hydrogens is 528 g/mol. The Labute approximate surface area is 258 Å². The van der Waals surface area contributed by atoms with Gasteiger partial charge in [0.2, 0.25) is 0 Å². The smallest absolute Gasteiger partial charge is 0.0622 e. The predicted molar refractivity (Wildman–Crippen MR) is 181 cm³/mol. The number of hydrogen-bond acceptors (Lipinski definition) is 0. The molecule has 0 unspecified atom stereocenters. The minimum atomic E-state index is -0.501. The van der Waals surface area contributed by atoms with E-state index in [-0.39, 0.29) is 0 Å². The molecule has 0 nitrogen and oxygen atoms in total. The summed E-state index contributed by atoms with van der Waals surface area (Å²) >= 11 is 0. The highest BCUT2D eigenvalue weighted by Crippen LogP contribution is 2.62. The van der Waals surface area contributed by atoms with Gasteiger partial charge in [-0.2, -0.15) is 0 Å². The summed E-state index contributed by atoms with van der Waals surface area (Å²) in [7, 11) is 0. The first-order chi connectivity index (χ1) is 21.9. The summed E-state index contributed by atoms with van der Waals surface area (Å²) in [4.78, 5) is 0. The summed E-state index contributed by atoms with van der Waals surface area (Å²) in [5, 5.41) is 0. The third-order valence-corrected chi connectivity index (χ3v) is 10.1. The fourth-order valence-corrected chi connectivity index (χ4v) is 8.50. The topological polar surface area (TPSA) is 0 Å². The van der Waals surface area contributed by atoms with Crippen LogP contribution in [-0.4, -0.2) is 0 Å². The van der Waals surface area contributed by atoms with Crippen LogP contribution in [-0.2, 0) is 10.8 Å². The van der Waals surface area contributed by atoms with Crippen LogP contribution < -0.4 is 0 Å². The van der Waals surface area contributed by atoms with Crippen LogP contribution in [0.2, 0.25) is 0 Å². The van der Waals surface area contributed by atoms with Crippen molar-refractivity contribution in [2.24, 2.45) is 0 Å². The molecule has 0 spiro atoms. The van der Waals surface area contributed by atoms with Crippen LogP contribution in [0.5, 0.6) is 0 Å². The van der Waals surface area contributed by atoms with Gasteiger partial charge >= 0.3 is 0 Å². The molecule has 2 aliphatic rings. The minimum absolute atomic E-state index is 0.501. The highest BCUT2D eigenvalue weighted by Gasteiger charge is 2.52. The molecule has 9 rings (SSSR count). The maximum Gasteiger partial charge on any atom is 0.0716 e. The lowest BCUT2D eigenvalue weighted by atomic mass is 9.59. The zero-order valence-electron chi connectivity index (χ0n) is 24.3. The summed E-state index contributed by atoms with van der Waals surface area (Å²) in [6.45, 7) is 0. The SMILES string of the molecule is c1ccc(C2(c3ccccc3C3(c4ccccc4)c4ccccc4-c4ccccc43)c3ccccc3-c3ccccc32)cc1. The molecule has 0 aliphatic heterocycles. The van der Waals surface area contributed by atoms with E-state index in [1.807, 2.05) is 0 Å². The van der Waals surface area contributed by atoms with Crippen LogP contribution in [0.15, 0.2) is 182 Å². The van der Waals surface area contributed by atoms with E-state index < -0.39 is 10.8 Å². The Morgan fingerprint density at radius 3 is 0.727 bits per heavy atom. The van der Waals surface area contributed by atoms with Crippen molar-refractivity contribution in [1.29, 1.82) is 0 Å². The van der Waals surface area contributed by atoms with Gasteiger partial charge in [0.1, 0.15) is 0 Å². The highest BCUT2D eigenvalue weighted by molar-refractivity contribution is 5.90. The standard InChI is InChI=1S/C44H30/c1-3-17-31(18-4-1)43(37-25-11-7-21-33(37)34-22-8-12-26-38(34)43)41-29-15-16-30-42(41)44(32-19-5-2-6-20-32)39-27-13-9-23-35(39)36-24-10-14-28-40(36)44/h1-30H. The fraction of sp³-hybridized carbons (Fsp3) is 0.0455. The van der Waals surface area contributed by atoms with Crippen molar-refractivity contribution >= 4 is 0 Å². The Kier molecular flexibility index (Phi) is 5.43. The molecule has 44 heavy (non-hydrogen) atoms. The monoisotopic (exact) mass is 558 g/mol. The van der Waals surface area contributed by atoms with Crippen molar-refractivity contribution < 1.29 is 0 Å². The summed E-state index contributed by atoms with van der Waals surface area (Å²) in [6, 6.07) is 67.7. The first-order valence-electron chi connectivity index (χ1n) is 15.5. The highest BCUT2D eigenvalue weighted by atomic mass is 14.5. The predicted octanol–water partition coefficient (Wildman–Crippen LogP) is 10.4. The zero-order valence-corrected chi connectivity index (χ0v) is 24.3. The van der Waals surface area contributed by atoms with Gasteiger partial charge in [-0.05, 0) is 66.8 Å². The van der Waals surface area contributed by atoms with Crippen LogP contribution >= 0.6 is 0 Å². The van der Waals surface area contributed by atoms with Gasteiger partial charge in [0, 0.05) is 0 Å². The van der Waals surface area contributed by atoms with Gasteiger partial charge in [0.25, 0.3) is 0 Å². The molecule has 0 saturated carbocycles. The van der Waals surface area contributed by atoms with Crippen LogP contribution in [0.3, 0.4) is 0 Å². The van der Waals surface area contributed by atoms with E-state index in [1.54, 1.807) is 0 Å². The van der Waals surface area contributed by atoms with E-state index in [9.17, 15) is 0 Å². The van der Waals surface area contributed by atoms with E-state index in [4.69, 9.17) is 0 Å². The molecule has 0 heteroatoms. The molecule has 206 valence electrons. The molecule has 7 aromatic carbocycles.